The van der Waals surface area contributed by atoms with Crippen LogP contribution in [-0.2, 0) is 15.4 Å². The van der Waals surface area contributed by atoms with Crippen molar-refractivity contribution in [3.8, 4) is 0 Å². The van der Waals surface area contributed by atoms with E-state index < -0.39 is 20.9 Å². The summed E-state index contributed by atoms with van der Waals surface area (Å²) in [5.74, 6) is -0.0858. The van der Waals surface area contributed by atoms with Crippen molar-refractivity contribution in [2.24, 2.45) is 11.3 Å². The van der Waals surface area contributed by atoms with Crippen molar-refractivity contribution in [1.29, 1.82) is 0 Å². The summed E-state index contributed by atoms with van der Waals surface area (Å²) in [6.07, 6.45) is 0. The van der Waals surface area contributed by atoms with E-state index in [0.717, 1.165) is 0 Å². The maximum atomic E-state index is 12.4. The molecule has 0 amide bonds. The minimum absolute atomic E-state index is 0.0638. The van der Waals surface area contributed by atoms with Crippen molar-refractivity contribution >= 4 is 9.84 Å². The molecule has 1 heterocycles. The summed E-state index contributed by atoms with van der Waals surface area (Å²) < 4.78 is 24.9. The number of hydrogen-bond acceptors (Lipinski definition) is 3. The summed E-state index contributed by atoms with van der Waals surface area (Å²) in [4.78, 5) is 0.271. The van der Waals surface area contributed by atoms with E-state index in [1.165, 1.54) is 0 Å². The average Bonchev–Trinajstić information content (AvgIpc) is 2.29. The van der Waals surface area contributed by atoms with E-state index in [1.54, 1.807) is 31.2 Å². The fourth-order valence-electron chi connectivity index (χ4n) is 2.84. The zero-order valence-corrected chi connectivity index (χ0v) is 12.1. The smallest absolute Gasteiger partial charge is 0.179 e. The van der Waals surface area contributed by atoms with Gasteiger partial charge in [0.15, 0.2) is 9.84 Å². The highest BCUT2D eigenvalue weighted by Crippen LogP contribution is 2.47. The number of sulfone groups is 1. The lowest BCUT2D eigenvalue weighted by atomic mass is 9.70. The molecule has 0 saturated carbocycles. The van der Waals surface area contributed by atoms with Crippen molar-refractivity contribution in [2.75, 3.05) is 5.75 Å². The molecule has 4 heteroatoms. The Morgan fingerprint density at radius 2 is 1.78 bits per heavy atom. The largest absolute Gasteiger partial charge is 0.385 e. The van der Waals surface area contributed by atoms with E-state index in [9.17, 15) is 13.5 Å². The quantitative estimate of drug-likeness (QED) is 0.785. The monoisotopic (exact) mass is 268 g/mol. The number of fused-ring (bicyclic) bond motifs is 1. The fraction of sp³-hybridized carbons (Fsp3) is 0.571. The molecule has 0 bridgehead atoms. The van der Waals surface area contributed by atoms with Gasteiger partial charge in [0, 0.05) is 5.56 Å². The number of aliphatic hydroxyl groups is 1. The molecular weight excluding hydrogens is 248 g/mol. The average molecular weight is 268 g/mol. The first-order valence-electron chi connectivity index (χ1n) is 6.14. The van der Waals surface area contributed by atoms with Crippen LogP contribution in [0.25, 0.3) is 0 Å². The third-order valence-corrected chi connectivity index (χ3v) is 6.49. The summed E-state index contributed by atoms with van der Waals surface area (Å²) in [5, 5.41) is 10.8. The van der Waals surface area contributed by atoms with E-state index in [0.29, 0.717) is 5.56 Å². The normalized spacial score (nSPS) is 33.5. The van der Waals surface area contributed by atoms with E-state index in [4.69, 9.17) is 0 Å². The Morgan fingerprint density at radius 1 is 1.22 bits per heavy atom. The molecule has 1 aromatic carbocycles. The summed E-state index contributed by atoms with van der Waals surface area (Å²) in [6, 6.07) is 6.78. The lowest BCUT2D eigenvalue weighted by Crippen LogP contribution is -2.40. The first kappa shape index (κ1) is 13.6. The van der Waals surface area contributed by atoms with E-state index >= 15 is 0 Å². The van der Waals surface area contributed by atoms with Crippen molar-refractivity contribution in [1.82, 2.24) is 0 Å². The molecule has 0 saturated heterocycles. The molecule has 2 unspecified atom stereocenters. The van der Waals surface area contributed by atoms with E-state index in [2.05, 4.69) is 0 Å². The highest BCUT2D eigenvalue weighted by molar-refractivity contribution is 7.91. The molecule has 0 fully saturated rings. The van der Waals surface area contributed by atoms with Gasteiger partial charge in [-0.15, -0.1) is 0 Å². The highest BCUT2D eigenvalue weighted by atomic mass is 32.2. The zero-order valence-electron chi connectivity index (χ0n) is 11.3. The van der Waals surface area contributed by atoms with Gasteiger partial charge in [-0.25, -0.2) is 8.42 Å². The Balaban J connectivity index is 2.80. The van der Waals surface area contributed by atoms with Crippen molar-refractivity contribution in [2.45, 2.75) is 38.2 Å². The van der Waals surface area contributed by atoms with Crippen LogP contribution in [0, 0.1) is 11.3 Å². The van der Waals surface area contributed by atoms with Crippen LogP contribution in [0.2, 0.25) is 0 Å². The zero-order chi connectivity index (χ0) is 13.8. The lowest BCUT2D eigenvalue weighted by molar-refractivity contribution is -0.0428. The van der Waals surface area contributed by atoms with Crippen LogP contribution >= 0.6 is 0 Å². The topological polar surface area (TPSA) is 54.4 Å². The van der Waals surface area contributed by atoms with Gasteiger partial charge < -0.3 is 5.11 Å². The molecule has 0 radical (unpaired) electrons. The Hall–Kier alpha value is -0.870. The second-order valence-corrected chi connectivity index (χ2v) is 8.07. The van der Waals surface area contributed by atoms with Gasteiger partial charge in [-0.3, -0.25) is 0 Å². The second kappa shape index (κ2) is 3.81. The Labute approximate surface area is 109 Å². The van der Waals surface area contributed by atoms with Crippen LogP contribution in [-0.4, -0.2) is 19.3 Å². The Morgan fingerprint density at radius 3 is 2.39 bits per heavy atom. The lowest BCUT2D eigenvalue weighted by Gasteiger charge is -2.39. The van der Waals surface area contributed by atoms with Crippen molar-refractivity contribution in [3.05, 3.63) is 29.8 Å². The van der Waals surface area contributed by atoms with Crippen LogP contribution in [0.1, 0.15) is 33.3 Å². The molecule has 1 aromatic rings. The van der Waals surface area contributed by atoms with Gasteiger partial charge in [0.1, 0.15) is 0 Å². The van der Waals surface area contributed by atoms with Crippen molar-refractivity contribution in [3.63, 3.8) is 0 Å². The van der Waals surface area contributed by atoms with Crippen LogP contribution in [0.15, 0.2) is 29.2 Å². The molecule has 3 nitrogen and oxygen atoms in total. The predicted octanol–water partition coefficient (Wildman–Crippen LogP) is 2.34. The fourth-order valence-corrected chi connectivity index (χ4v) is 5.12. The first-order valence-corrected chi connectivity index (χ1v) is 7.79. The van der Waals surface area contributed by atoms with Crippen LogP contribution < -0.4 is 0 Å². The molecule has 18 heavy (non-hydrogen) atoms. The molecule has 0 aromatic heterocycles. The first-order chi connectivity index (χ1) is 8.09. The molecular formula is C14H20O3S. The van der Waals surface area contributed by atoms with Crippen LogP contribution in [0.3, 0.4) is 0 Å². The molecule has 1 aliphatic rings. The Bertz CT molecular complexity index is 570. The minimum atomic E-state index is -3.35. The van der Waals surface area contributed by atoms with E-state index in [1.807, 2.05) is 20.8 Å². The summed E-state index contributed by atoms with van der Waals surface area (Å²) >= 11 is 0. The maximum Gasteiger partial charge on any atom is 0.179 e. The van der Waals surface area contributed by atoms with Crippen LogP contribution in [0.4, 0.5) is 0 Å². The van der Waals surface area contributed by atoms with Gasteiger partial charge in [0.05, 0.1) is 16.2 Å². The van der Waals surface area contributed by atoms with Gasteiger partial charge in [-0.05, 0) is 24.3 Å². The number of hydrogen-bond donors (Lipinski definition) is 1. The van der Waals surface area contributed by atoms with Gasteiger partial charge in [0.2, 0.25) is 0 Å². The Kier molecular flexibility index (Phi) is 2.87. The van der Waals surface area contributed by atoms with Crippen LogP contribution in [0.5, 0.6) is 0 Å². The molecule has 100 valence electrons. The molecule has 2 atom stereocenters. The number of rotatable bonds is 0. The maximum absolute atomic E-state index is 12.4. The summed E-state index contributed by atoms with van der Waals surface area (Å²) in [7, 11) is -3.35. The molecule has 2 rings (SSSR count). The molecule has 1 N–H and O–H groups in total. The molecule has 0 aliphatic carbocycles. The summed E-state index contributed by atoms with van der Waals surface area (Å²) in [6.45, 7) is 7.42. The predicted molar refractivity (Wildman–Crippen MR) is 71.0 cm³/mol. The van der Waals surface area contributed by atoms with E-state index in [-0.39, 0.29) is 16.6 Å². The third-order valence-electron chi connectivity index (χ3n) is 4.34. The van der Waals surface area contributed by atoms with Crippen molar-refractivity contribution < 1.29 is 13.5 Å². The number of benzene rings is 1. The van der Waals surface area contributed by atoms with Gasteiger partial charge in [-0.1, -0.05) is 39.0 Å². The van der Waals surface area contributed by atoms with Gasteiger partial charge in [0.25, 0.3) is 0 Å². The standard InChI is InChI=1S/C14H20O3S/c1-10-13(2,3)9-18(16,17)12-8-6-5-7-11(12)14(10,4)15/h5-8,10,15H,9H2,1-4H3. The second-order valence-electron chi connectivity index (χ2n) is 6.11. The highest BCUT2D eigenvalue weighted by Gasteiger charge is 2.48. The minimum Gasteiger partial charge on any atom is -0.385 e. The molecule has 0 spiro atoms. The van der Waals surface area contributed by atoms with Gasteiger partial charge in [-0.2, -0.15) is 0 Å². The summed E-state index contributed by atoms with van der Waals surface area (Å²) in [5.41, 5.74) is -1.09. The SMILES string of the molecule is CC1C(C)(C)CS(=O)(=O)c2ccccc2C1(C)O. The third kappa shape index (κ3) is 1.88. The van der Waals surface area contributed by atoms with Gasteiger partial charge >= 0.3 is 0 Å². The molecule has 1 aliphatic heterocycles.